The lowest BCUT2D eigenvalue weighted by Crippen LogP contribution is -2.15. The molecule has 0 spiro atoms. The zero-order chi connectivity index (χ0) is 18.4. The highest BCUT2D eigenvalue weighted by atomic mass is 16.5. The molecule has 1 heterocycles. The molecule has 0 radical (unpaired) electrons. The van der Waals surface area contributed by atoms with Crippen LogP contribution in [0, 0.1) is 13.8 Å². The molecule has 134 valence electrons. The molecule has 0 N–H and O–H groups in total. The molecule has 1 aromatic heterocycles. The molecule has 0 atom stereocenters. The van der Waals surface area contributed by atoms with Gasteiger partial charge in [-0.2, -0.15) is 0 Å². The Balaban J connectivity index is 2.03. The quantitative estimate of drug-likeness (QED) is 0.542. The molecule has 1 aromatic carbocycles. The van der Waals surface area contributed by atoms with Crippen LogP contribution in [0.15, 0.2) is 30.3 Å². The summed E-state index contributed by atoms with van der Waals surface area (Å²) in [6.45, 7) is 7.03. The van der Waals surface area contributed by atoms with Gasteiger partial charge in [0.15, 0.2) is 6.61 Å². The van der Waals surface area contributed by atoms with Gasteiger partial charge in [-0.15, -0.1) is 0 Å². The predicted molar refractivity (Wildman–Crippen MR) is 96.0 cm³/mol. The van der Waals surface area contributed by atoms with Gasteiger partial charge in [0.25, 0.3) is 0 Å². The SMILES string of the molecule is CCCn1c(C)cc(C(=O)COC(=O)c2cccc(COC)c2)c1C. The van der Waals surface area contributed by atoms with Gasteiger partial charge in [-0.05, 0) is 44.0 Å². The first-order valence-electron chi connectivity index (χ1n) is 8.42. The third-order valence-electron chi connectivity index (χ3n) is 4.13. The first-order chi connectivity index (χ1) is 12.0. The van der Waals surface area contributed by atoms with Crippen molar-refractivity contribution in [1.29, 1.82) is 0 Å². The molecule has 0 bridgehead atoms. The number of carbonyl (C=O) groups is 2. The Morgan fingerprint density at radius 1 is 1.16 bits per heavy atom. The Labute approximate surface area is 148 Å². The van der Waals surface area contributed by atoms with Gasteiger partial charge in [-0.25, -0.2) is 4.79 Å². The molecule has 5 nitrogen and oxygen atoms in total. The van der Waals surface area contributed by atoms with E-state index in [1.165, 1.54) is 0 Å². The molecular formula is C20H25NO4. The Kier molecular flexibility index (Phi) is 6.53. The zero-order valence-corrected chi connectivity index (χ0v) is 15.3. The monoisotopic (exact) mass is 343 g/mol. The van der Waals surface area contributed by atoms with Gasteiger partial charge < -0.3 is 14.0 Å². The minimum Gasteiger partial charge on any atom is -0.454 e. The first-order valence-corrected chi connectivity index (χ1v) is 8.42. The number of rotatable bonds is 8. The molecule has 0 amide bonds. The summed E-state index contributed by atoms with van der Waals surface area (Å²) in [5, 5.41) is 0. The minimum atomic E-state index is -0.506. The van der Waals surface area contributed by atoms with Crippen LogP contribution in [0.1, 0.15) is 51.0 Å². The number of methoxy groups -OCH3 is 1. The first kappa shape index (κ1) is 18.9. The van der Waals surface area contributed by atoms with Crippen molar-refractivity contribution in [3.8, 4) is 0 Å². The van der Waals surface area contributed by atoms with E-state index in [4.69, 9.17) is 9.47 Å². The molecule has 0 unspecified atom stereocenters. The fraction of sp³-hybridized carbons (Fsp3) is 0.400. The third-order valence-corrected chi connectivity index (χ3v) is 4.13. The fourth-order valence-electron chi connectivity index (χ4n) is 2.90. The van der Waals surface area contributed by atoms with Crippen LogP contribution in [0.5, 0.6) is 0 Å². The second kappa shape index (κ2) is 8.62. The number of aryl methyl sites for hydroxylation is 1. The Hall–Kier alpha value is -2.40. The number of hydrogen-bond donors (Lipinski definition) is 0. The summed E-state index contributed by atoms with van der Waals surface area (Å²) in [5.74, 6) is -0.689. The van der Waals surface area contributed by atoms with Crippen molar-refractivity contribution in [2.75, 3.05) is 13.7 Å². The summed E-state index contributed by atoms with van der Waals surface area (Å²) in [4.78, 5) is 24.6. The smallest absolute Gasteiger partial charge is 0.338 e. The highest BCUT2D eigenvalue weighted by molar-refractivity contribution is 6.00. The second-order valence-electron chi connectivity index (χ2n) is 6.07. The number of benzene rings is 1. The van der Waals surface area contributed by atoms with Gasteiger partial charge in [0.2, 0.25) is 5.78 Å². The Bertz CT molecular complexity index is 761. The normalized spacial score (nSPS) is 10.7. The molecule has 5 heteroatoms. The van der Waals surface area contributed by atoms with E-state index in [0.29, 0.717) is 17.7 Å². The summed E-state index contributed by atoms with van der Waals surface area (Å²) < 4.78 is 12.4. The largest absolute Gasteiger partial charge is 0.454 e. The molecule has 2 aromatic rings. The fourth-order valence-corrected chi connectivity index (χ4v) is 2.90. The molecule has 0 aliphatic rings. The van der Waals surface area contributed by atoms with Crippen LogP contribution in [-0.4, -0.2) is 30.0 Å². The van der Waals surface area contributed by atoms with Gasteiger partial charge in [-0.1, -0.05) is 19.1 Å². The highest BCUT2D eigenvalue weighted by Crippen LogP contribution is 2.17. The molecule has 25 heavy (non-hydrogen) atoms. The summed E-state index contributed by atoms with van der Waals surface area (Å²) in [5.41, 5.74) is 3.88. The average molecular weight is 343 g/mol. The van der Waals surface area contributed by atoms with Crippen molar-refractivity contribution in [3.63, 3.8) is 0 Å². The molecule has 0 fully saturated rings. The van der Waals surface area contributed by atoms with E-state index in [2.05, 4.69) is 11.5 Å². The number of esters is 1. The average Bonchev–Trinajstić information content (AvgIpc) is 2.88. The number of carbonyl (C=O) groups excluding carboxylic acids is 2. The van der Waals surface area contributed by atoms with Gasteiger partial charge >= 0.3 is 5.97 Å². The van der Waals surface area contributed by atoms with Crippen molar-refractivity contribution in [2.24, 2.45) is 0 Å². The van der Waals surface area contributed by atoms with Crippen LogP contribution >= 0.6 is 0 Å². The van der Waals surface area contributed by atoms with E-state index in [-0.39, 0.29) is 12.4 Å². The lowest BCUT2D eigenvalue weighted by atomic mass is 10.1. The van der Waals surface area contributed by atoms with E-state index in [9.17, 15) is 9.59 Å². The minimum absolute atomic E-state index is 0.183. The van der Waals surface area contributed by atoms with Crippen molar-refractivity contribution in [2.45, 2.75) is 40.3 Å². The van der Waals surface area contributed by atoms with Crippen molar-refractivity contribution in [3.05, 3.63) is 58.4 Å². The maximum Gasteiger partial charge on any atom is 0.338 e. The summed E-state index contributed by atoms with van der Waals surface area (Å²) in [6, 6.07) is 8.88. The third kappa shape index (κ3) is 4.57. The number of aromatic nitrogens is 1. The van der Waals surface area contributed by atoms with Gasteiger partial charge in [0.1, 0.15) is 0 Å². The van der Waals surface area contributed by atoms with Crippen LogP contribution in [0.3, 0.4) is 0 Å². The lowest BCUT2D eigenvalue weighted by Gasteiger charge is -2.08. The molecular weight excluding hydrogens is 318 g/mol. The zero-order valence-electron chi connectivity index (χ0n) is 15.3. The van der Waals surface area contributed by atoms with Gasteiger partial charge in [-0.3, -0.25) is 4.79 Å². The Morgan fingerprint density at radius 2 is 1.92 bits per heavy atom. The number of hydrogen-bond acceptors (Lipinski definition) is 4. The summed E-state index contributed by atoms with van der Waals surface area (Å²) >= 11 is 0. The topological polar surface area (TPSA) is 57.5 Å². The lowest BCUT2D eigenvalue weighted by molar-refractivity contribution is 0.0474. The Morgan fingerprint density at radius 3 is 2.60 bits per heavy atom. The van der Waals surface area contributed by atoms with Crippen molar-refractivity contribution >= 4 is 11.8 Å². The maximum atomic E-state index is 12.4. The second-order valence-corrected chi connectivity index (χ2v) is 6.07. The standard InChI is InChI=1S/C20H25NO4/c1-5-9-21-14(2)10-18(15(21)3)19(22)13-25-20(23)17-8-6-7-16(11-17)12-24-4/h6-8,10-11H,5,9,12-13H2,1-4H3. The molecule has 0 aliphatic heterocycles. The summed E-state index contributed by atoms with van der Waals surface area (Å²) in [6.07, 6.45) is 0.997. The predicted octanol–water partition coefficient (Wildman–Crippen LogP) is 3.70. The van der Waals surface area contributed by atoms with E-state index in [1.807, 2.05) is 26.0 Å². The molecule has 0 saturated heterocycles. The van der Waals surface area contributed by atoms with E-state index < -0.39 is 5.97 Å². The number of ketones is 1. The maximum absolute atomic E-state index is 12.4. The summed E-state index contributed by atoms with van der Waals surface area (Å²) in [7, 11) is 1.60. The van der Waals surface area contributed by atoms with Crippen LogP contribution in [0.2, 0.25) is 0 Å². The van der Waals surface area contributed by atoms with Crippen molar-refractivity contribution < 1.29 is 19.1 Å². The number of ether oxygens (including phenoxy) is 2. The van der Waals surface area contributed by atoms with E-state index in [0.717, 1.165) is 29.9 Å². The van der Waals surface area contributed by atoms with Crippen LogP contribution in [0.4, 0.5) is 0 Å². The number of nitrogens with zero attached hydrogens (tertiary/aromatic N) is 1. The molecule has 2 rings (SSSR count). The van der Waals surface area contributed by atoms with E-state index in [1.54, 1.807) is 25.3 Å². The number of Topliss-reactive ketones (excluding diaryl/α,β-unsaturated/α-hetero) is 1. The highest BCUT2D eigenvalue weighted by Gasteiger charge is 2.17. The van der Waals surface area contributed by atoms with Gasteiger partial charge in [0.05, 0.1) is 12.2 Å². The molecule has 0 aliphatic carbocycles. The molecule has 0 saturated carbocycles. The van der Waals surface area contributed by atoms with Crippen LogP contribution < -0.4 is 0 Å². The van der Waals surface area contributed by atoms with Crippen LogP contribution in [-0.2, 0) is 22.6 Å². The van der Waals surface area contributed by atoms with Gasteiger partial charge in [0, 0.05) is 30.6 Å². The van der Waals surface area contributed by atoms with Crippen LogP contribution in [0.25, 0.3) is 0 Å². The van der Waals surface area contributed by atoms with Crippen molar-refractivity contribution in [1.82, 2.24) is 4.57 Å². The van der Waals surface area contributed by atoms with E-state index >= 15 is 0 Å².